The molecule has 1 aromatic rings. The van der Waals surface area contributed by atoms with Crippen LogP contribution in [0.3, 0.4) is 0 Å². The van der Waals surface area contributed by atoms with Crippen LogP contribution in [0.4, 0.5) is 57.1 Å². The molecule has 0 aliphatic carbocycles. The molecule has 0 saturated carbocycles. The number of halogens is 13. The van der Waals surface area contributed by atoms with Gasteiger partial charge >= 0.3 is 35.8 Å². The average Bonchev–Trinajstić information content (AvgIpc) is 2.52. The Morgan fingerprint density at radius 3 is 1.41 bits per heavy atom. The average molecular weight is 421 g/mol. The monoisotopic (exact) mass is 421 g/mol. The number of hydrogen-bond donors (Lipinski definition) is 0. The van der Waals surface area contributed by atoms with Gasteiger partial charge in [-0.15, -0.1) is 0 Å². The topological polar surface area (TPSA) is 23.8 Å². The molecule has 1 nitrogen and oxygen atoms in total. The van der Waals surface area contributed by atoms with E-state index in [4.69, 9.17) is 5.26 Å². The molecule has 0 heterocycles. The normalized spacial score (nSPS) is 14.8. The molecule has 0 spiro atoms. The summed E-state index contributed by atoms with van der Waals surface area (Å²) < 4.78 is 169. The maximum atomic E-state index is 13.9. The molecule has 0 amide bonds. The molecule has 0 unspecified atom stereocenters. The Kier molecular flexibility index (Phi) is 5.21. The molecule has 27 heavy (non-hydrogen) atoms. The lowest BCUT2D eigenvalue weighted by Crippen LogP contribution is -2.69. The van der Waals surface area contributed by atoms with Crippen molar-refractivity contribution >= 4 is 0 Å². The fourth-order valence-electron chi connectivity index (χ4n) is 1.79. The predicted molar refractivity (Wildman–Crippen MR) is 60.9 cm³/mol. The van der Waals surface area contributed by atoms with Crippen molar-refractivity contribution in [1.82, 2.24) is 0 Å². The highest BCUT2D eigenvalue weighted by atomic mass is 19.4. The van der Waals surface area contributed by atoms with E-state index in [1.165, 1.54) is 0 Å². The highest BCUT2D eigenvalue weighted by molar-refractivity contribution is 5.41. The largest absolute Gasteiger partial charge is 0.460 e. The number of benzene rings is 1. The Morgan fingerprint density at radius 1 is 0.593 bits per heavy atom. The van der Waals surface area contributed by atoms with Crippen molar-refractivity contribution in [3.63, 3.8) is 0 Å². The Bertz CT molecular complexity index is 741. The molecule has 152 valence electrons. The summed E-state index contributed by atoms with van der Waals surface area (Å²) in [6.45, 7) is 0. The molecular formula is C13H4F13N. The van der Waals surface area contributed by atoms with E-state index in [9.17, 15) is 57.1 Å². The molecule has 0 aliphatic heterocycles. The second-order valence-corrected chi connectivity index (χ2v) is 5.03. The molecule has 0 bridgehead atoms. The summed E-state index contributed by atoms with van der Waals surface area (Å²) in [7, 11) is 0. The van der Waals surface area contributed by atoms with Crippen LogP contribution in [0.1, 0.15) is 11.1 Å². The first kappa shape index (κ1) is 22.8. The number of hydrogen-bond acceptors (Lipinski definition) is 1. The zero-order valence-corrected chi connectivity index (χ0v) is 12.2. The summed E-state index contributed by atoms with van der Waals surface area (Å²) in [5.41, 5.74) is -3.70. The van der Waals surface area contributed by atoms with Crippen molar-refractivity contribution in [1.29, 1.82) is 5.26 Å². The van der Waals surface area contributed by atoms with E-state index in [0.29, 0.717) is 12.1 Å². The van der Waals surface area contributed by atoms with Crippen LogP contribution in [0, 0.1) is 11.3 Å². The SMILES string of the molecule is N#Cc1ccccc1C(F)(F)C(F)(F)C(F)(F)C(F)(F)C(F)(F)C(F)(F)F. The summed E-state index contributed by atoms with van der Waals surface area (Å²) in [6.07, 6.45) is -7.46. The molecule has 0 fully saturated rings. The van der Waals surface area contributed by atoms with Crippen LogP contribution in [0.5, 0.6) is 0 Å². The quantitative estimate of drug-likeness (QED) is 0.556. The molecule has 0 N–H and O–H groups in total. The van der Waals surface area contributed by atoms with Gasteiger partial charge in [0.25, 0.3) is 0 Å². The summed E-state index contributed by atoms with van der Waals surface area (Å²) in [5, 5.41) is 8.51. The molecule has 14 heteroatoms. The van der Waals surface area contributed by atoms with Gasteiger partial charge in [-0.05, 0) is 6.07 Å². The highest BCUT2D eigenvalue weighted by Crippen LogP contribution is 2.62. The van der Waals surface area contributed by atoms with E-state index < -0.39 is 46.9 Å². The highest BCUT2D eigenvalue weighted by Gasteiger charge is 2.90. The fourth-order valence-corrected chi connectivity index (χ4v) is 1.79. The molecule has 0 aliphatic rings. The third kappa shape index (κ3) is 2.96. The second-order valence-electron chi connectivity index (χ2n) is 5.03. The summed E-state index contributed by atoms with van der Waals surface area (Å²) in [5.74, 6) is -37.5. The molecule has 0 aromatic heterocycles. The van der Waals surface area contributed by atoms with Gasteiger partial charge in [0.2, 0.25) is 0 Å². The van der Waals surface area contributed by atoms with E-state index in [1.54, 1.807) is 0 Å². The lowest BCUT2D eigenvalue weighted by molar-refractivity contribution is -0.441. The van der Waals surface area contributed by atoms with Gasteiger partial charge in [-0.2, -0.15) is 62.3 Å². The van der Waals surface area contributed by atoms with Gasteiger partial charge in [-0.3, -0.25) is 0 Å². The standard InChI is InChI=1S/C13H4F13N/c14-8(15,7-4-2-1-3-6(7)5-27)9(16,17)10(18,19)11(20,21)12(22,23)13(24,25)26/h1-4H. The molecule has 1 aromatic carbocycles. The minimum absolute atomic E-state index is 0.0808. The van der Waals surface area contributed by atoms with Gasteiger partial charge in [0.05, 0.1) is 11.6 Å². The zero-order chi connectivity index (χ0) is 21.7. The fraction of sp³-hybridized carbons (Fsp3) is 0.462. The van der Waals surface area contributed by atoms with E-state index in [1.807, 2.05) is 0 Å². The molecule has 0 saturated heterocycles. The van der Waals surface area contributed by atoms with Gasteiger partial charge in [-0.1, -0.05) is 18.2 Å². The first-order valence-electron chi connectivity index (χ1n) is 6.26. The van der Waals surface area contributed by atoms with Crippen LogP contribution in [-0.4, -0.2) is 29.9 Å². The smallest absolute Gasteiger partial charge is 0.194 e. The Morgan fingerprint density at radius 2 is 1.00 bits per heavy atom. The second kappa shape index (κ2) is 6.16. The van der Waals surface area contributed by atoms with Gasteiger partial charge in [0.15, 0.2) is 0 Å². The molecule has 0 radical (unpaired) electrons. The van der Waals surface area contributed by atoms with Crippen LogP contribution in [-0.2, 0) is 5.92 Å². The van der Waals surface area contributed by atoms with Crippen LogP contribution in [0.25, 0.3) is 0 Å². The number of nitriles is 1. The number of nitrogens with zero attached hydrogens (tertiary/aromatic N) is 1. The van der Waals surface area contributed by atoms with Crippen LogP contribution < -0.4 is 0 Å². The van der Waals surface area contributed by atoms with Crippen LogP contribution >= 0.6 is 0 Å². The maximum absolute atomic E-state index is 13.9. The number of alkyl halides is 13. The Hall–Kier alpha value is -2.20. The Balaban J connectivity index is 3.67. The first-order chi connectivity index (χ1) is 11.8. The number of rotatable bonds is 5. The zero-order valence-electron chi connectivity index (χ0n) is 12.2. The molecule has 1 rings (SSSR count). The molecular weight excluding hydrogens is 417 g/mol. The third-order valence-corrected chi connectivity index (χ3v) is 3.32. The summed E-state index contributed by atoms with van der Waals surface area (Å²) in [4.78, 5) is 0. The van der Waals surface area contributed by atoms with Crippen molar-refractivity contribution in [2.75, 3.05) is 0 Å². The molecule has 0 atom stereocenters. The van der Waals surface area contributed by atoms with Crippen molar-refractivity contribution in [2.45, 2.75) is 35.8 Å². The Labute approximate surface area is 141 Å². The predicted octanol–water partition coefficient (Wildman–Crippen LogP) is 5.75. The minimum atomic E-state index is -7.97. The lowest BCUT2D eigenvalue weighted by Gasteiger charge is -2.39. The van der Waals surface area contributed by atoms with Crippen molar-refractivity contribution in [2.24, 2.45) is 0 Å². The van der Waals surface area contributed by atoms with Crippen LogP contribution in [0.2, 0.25) is 0 Å². The first-order valence-corrected chi connectivity index (χ1v) is 6.26. The van der Waals surface area contributed by atoms with Crippen molar-refractivity contribution in [3.05, 3.63) is 35.4 Å². The summed E-state index contributed by atoms with van der Waals surface area (Å²) >= 11 is 0. The van der Waals surface area contributed by atoms with Crippen molar-refractivity contribution < 1.29 is 57.1 Å². The van der Waals surface area contributed by atoms with E-state index in [0.717, 1.165) is 12.1 Å². The van der Waals surface area contributed by atoms with Crippen LogP contribution in [0.15, 0.2) is 24.3 Å². The van der Waals surface area contributed by atoms with Gasteiger partial charge in [0, 0.05) is 5.56 Å². The lowest BCUT2D eigenvalue weighted by atomic mass is 9.89. The van der Waals surface area contributed by atoms with Crippen molar-refractivity contribution in [3.8, 4) is 6.07 Å². The maximum Gasteiger partial charge on any atom is 0.460 e. The van der Waals surface area contributed by atoms with E-state index in [2.05, 4.69) is 0 Å². The van der Waals surface area contributed by atoms with E-state index >= 15 is 0 Å². The van der Waals surface area contributed by atoms with Gasteiger partial charge in [0.1, 0.15) is 0 Å². The van der Waals surface area contributed by atoms with E-state index in [-0.39, 0.29) is 6.07 Å². The summed E-state index contributed by atoms with van der Waals surface area (Å²) in [6, 6.07) is 2.40. The van der Waals surface area contributed by atoms with Gasteiger partial charge < -0.3 is 0 Å². The van der Waals surface area contributed by atoms with Gasteiger partial charge in [-0.25, -0.2) is 0 Å². The third-order valence-electron chi connectivity index (χ3n) is 3.32. The minimum Gasteiger partial charge on any atom is -0.194 e.